The van der Waals surface area contributed by atoms with Crippen molar-refractivity contribution in [2.24, 2.45) is 7.05 Å². The van der Waals surface area contributed by atoms with E-state index in [0.29, 0.717) is 0 Å². The maximum absolute atomic E-state index is 4.24. The quantitative estimate of drug-likeness (QED) is 0.850. The zero-order valence-electron chi connectivity index (χ0n) is 13.9. The molecule has 1 aliphatic carbocycles. The van der Waals surface area contributed by atoms with E-state index < -0.39 is 0 Å². The van der Waals surface area contributed by atoms with Gasteiger partial charge in [-0.3, -0.25) is 9.58 Å². The maximum Gasteiger partial charge on any atom is 0.0568 e. The Labute approximate surface area is 138 Å². The molecular formula is C20H25N3. The van der Waals surface area contributed by atoms with Crippen molar-refractivity contribution < 1.29 is 0 Å². The van der Waals surface area contributed by atoms with Crippen molar-refractivity contribution in [2.75, 3.05) is 13.1 Å². The van der Waals surface area contributed by atoms with Gasteiger partial charge in [0.2, 0.25) is 0 Å². The molecule has 1 saturated carbocycles. The van der Waals surface area contributed by atoms with E-state index in [1.165, 1.54) is 61.9 Å². The van der Waals surface area contributed by atoms with Gasteiger partial charge in [0, 0.05) is 37.9 Å². The average Bonchev–Trinajstić information content (AvgIpc) is 2.95. The molecular weight excluding hydrogens is 282 g/mol. The van der Waals surface area contributed by atoms with E-state index in [1.807, 2.05) is 17.9 Å². The third kappa shape index (κ3) is 3.25. The van der Waals surface area contributed by atoms with Gasteiger partial charge in [-0.05, 0) is 36.8 Å². The standard InChI is InChI=1S/C20H25N3/c1-22-15-19(14-21-22)18-7-5-16(6-8-18)13-17-9-11-23(12-10-17)20-3-2-4-20/h5-8,13-15,20H,2-4,9-12H2,1H3. The number of nitrogens with zero attached hydrogens (tertiary/aromatic N) is 3. The summed E-state index contributed by atoms with van der Waals surface area (Å²) >= 11 is 0. The van der Waals surface area contributed by atoms with Crippen LogP contribution in [-0.4, -0.2) is 33.8 Å². The van der Waals surface area contributed by atoms with Gasteiger partial charge in [-0.2, -0.15) is 5.10 Å². The topological polar surface area (TPSA) is 21.1 Å². The second-order valence-electron chi connectivity index (χ2n) is 6.95. The van der Waals surface area contributed by atoms with Crippen molar-refractivity contribution >= 4 is 6.08 Å². The van der Waals surface area contributed by atoms with Gasteiger partial charge in [0.25, 0.3) is 0 Å². The number of rotatable bonds is 3. The van der Waals surface area contributed by atoms with Crippen LogP contribution >= 0.6 is 0 Å². The number of aromatic nitrogens is 2. The highest BCUT2D eigenvalue weighted by molar-refractivity contribution is 5.65. The second-order valence-corrected chi connectivity index (χ2v) is 6.95. The largest absolute Gasteiger partial charge is 0.300 e. The molecule has 3 nitrogen and oxygen atoms in total. The lowest BCUT2D eigenvalue weighted by Gasteiger charge is -2.40. The molecule has 1 aliphatic heterocycles. The van der Waals surface area contributed by atoms with Gasteiger partial charge in [-0.15, -0.1) is 0 Å². The molecule has 0 unspecified atom stereocenters. The van der Waals surface area contributed by atoms with Gasteiger partial charge in [0.1, 0.15) is 0 Å². The molecule has 4 rings (SSSR count). The molecule has 2 heterocycles. The van der Waals surface area contributed by atoms with Crippen LogP contribution in [-0.2, 0) is 7.05 Å². The first kappa shape index (κ1) is 14.7. The average molecular weight is 307 g/mol. The fraction of sp³-hybridized carbons (Fsp3) is 0.450. The lowest BCUT2D eigenvalue weighted by molar-refractivity contribution is 0.118. The second kappa shape index (κ2) is 6.32. The molecule has 120 valence electrons. The van der Waals surface area contributed by atoms with Crippen LogP contribution in [0, 0.1) is 0 Å². The minimum Gasteiger partial charge on any atom is -0.300 e. The first-order valence-corrected chi connectivity index (χ1v) is 8.80. The molecule has 2 fully saturated rings. The molecule has 0 radical (unpaired) electrons. The first-order chi connectivity index (χ1) is 11.3. The van der Waals surface area contributed by atoms with Gasteiger partial charge in [-0.25, -0.2) is 0 Å². The van der Waals surface area contributed by atoms with E-state index in [9.17, 15) is 0 Å². The highest BCUT2D eigenvalue weighted by atomic mass is 15.2. The van der Waals surface area contributed by atoms with E-state index in [1.54, 1.807) is 5.57 Å². The highest BCUT2D eigenvalue weighted by Crippen LogP contribution is 2.29. The third-order valence-electron chi connectivity index (χ3n) is 5.35. The van der Waals surface area contributed by atoms with Crippen LogP contribution in [0.5, 0.6) is 0 Å². The van der Waals surface area contributed by atoms with Gasteiger partial charge in [0.15, 0.2) is 0 Å². The number of aryl methyl sites for hydroxylation is 1. The summed E-state index contributed by atoms with van der Waals surface area (Å²) in [5, 5.41) is 4.24. The van der Waals surface area contributed by atoms with Gasteiger partial charge < -0.3 is 0 Å². The van der Waals surface area contributed by atoms with Crippen molar-refractivity contribution in [2.45, 2.75) is 38.1 Å². The summed E-state index contributed by atoms with van der Waals surface area (Å²) in [7, 11) is 1.96. The number of piperidine rings is 1. The van der Waals surface area contributed by atoms with Crippen molar-refractivity contribution in [1.29, 1.82) is 0 Å². The molecule has 0 N–H and O–H groups in total. The molecule has 0 spiro atoms. The Bertz CT molecular complexity index is 682. The molecule has 0 amide bonds. The summed E-state index contributed by atoms with van der Waals surface area (Å²) in [6.07, 6.45) is 13.1. The van der Waals surface area contributed by atoms with E-state index in [2.05, 4.69) is 46.5 Å². The van der Waals surface area contributed by atoms with Crippen LogP contribution in [0.15, 0.2) is 42.2 Å². The summed E-state index contributed by atoms with van der Waals surface area (Å²) in [5.41, 5.74) is 5.35. The molecule has 0 bridgehead atoms. The van der Waals surface area contributed by atoms with Crippen LogP contribution in [0.25, 0.3) is 17.2 Å². The van der Waals surface area contributed by atoms with Crippen LogP contribution in [0.2, 0.25) is 0 Å². The minimum absolute atomic E-state index is 0.898. The van der Waals surface area contributed by atoms with Crippen LogP contribution in [0.4, 0.5) is 0 Å². The smallest absolute Gasteiger partial charge is 0.0568 e. The minimum atomic E-state index is 0.898. The van der Waals surface area contributed by atoms with E-state index in [0.717, 1.165) is 6.04 Å². The van der Waals surface area contributed by atoms with E-state index in [-0.39, 0.29) is 0 Å². The molecule has 3 heteroatoms. The third-order valence-corrected chi connectivity index (χ3v) is 5.35. The fourth-order valence-corrected chi connectivity index (χ4v) is 3.65. The summed E-state index contributed by atoms with van der Waals surface area (Å²) in [4.78, 5) is 2.70. The fourth-order valence-electron chi connectivity index (χ4n) is 3.65. The Morgan fingerprint density at radius 1 is 1.04 bits per heavy atom. The van der Waals surface area contributed by atoms with E-state index >= 15 is 0 Å². The summed E-state index contributed by atoms with van der Waals surface area (Å²) in [5.74, 6) is 0. The molecule has 0 atom stereocenters. The Balaban J connectivity index is 1.40. The predicted octanol–water partition coefficient (Wildman–Crippen LogP) is 4.12. The van der Waals surface area contributed by atoms with Gasteiger partial charge in [0.05, 0.1) is 6.20 Å². The van der Waals surface area contributed by atoms with E-state index in [4.69, 9.17) is 0 Å². The zero-order valence-corrected chi connectivity index (χ0v) is 13.9. The maximum atomic E-state index is 4.24. The number of hydrogen-bond acceptors (Lipinski definition) is 2. The summed E-state index contributed by atoms with van der Waals surface area (Å²) < 4.78 is 1.85. The number of hydrogen-bond donors (Lipinski definition) is 0. The SMILES string of the molecule is Cn1cc(-c2ccc(C=C3CCN(C4CCC4)CC3)cc2)cn1. The Hall–Kier alpha value is -1.87. The summed E-state index contributed by atoms with van der Waals surface area (Å²) in [6, 6.07) is 9.76. The monoisotopic (exact) mass is 307 g/mol. The lowest BCUT2D eigenvalue weighted by atomic mass is 9.89. The van der Waals surface area contributed by atoms with Crippen LogP contribution in [0.1, 0.15) is 37.7 Å². The molecule has 1 saturated heterocycles. The van der Waals surface area contributed by atoms with Crippen LogP contribution in [0.3, 0.4) is 0 Å². The molecule has 23 heavy (non-hydrogen) atoms. The molecule has 2 aliphatic rings. The van der Waals surface area contributed by atoms with Gasteiger partial charge >= 0.3 is 0 Å². The van der Waals surface area contributed by atoms with Crippen molar-refractivity contribution in [3.63, 3.8) is 0 Å². The molecule has 1 aromatic heterocycles. The number of likely N-dealkylation sites (tertiary alicyclic amines) is 1. The lowest BCUT2D eigenvalue weighted by Crippen LogP contribution is -2.43. The van der Waals surface area contributed by atoms with Crippen molar-refractivity contribution in [3.8, 4) is 11.1 Å². The zero-order chi connectivity index (χ0) is 15.6. The summed E-state index contributed by atoms with van der Waals surface area (Å²) in [6.45, 7) is 2.51. The Morgan fingerprint density at radius 2 is 1.78 bits per heavy atom. The highest BCUT2D eigenvalue weighted by Gasteiger charge is 2.26. The first-order valence-electron chi connectivity index (χ1n) is 8.80. The predicted molar refractivity (Wildman–Crippen MR) is 95.1 cm³/mol. The van der Waals surface area contributed by atoms with Gasteiger partial charge in [-0.1, -0.05) is 42.3 Å². The van der Waals surface area contributed by atoms with Crippen molar-refractivity contribution in [3.05, 3.63) is 47.8 Å². The van der Waals surface area contributed by atoms with Crippen molar-refractivity contribution in [1.82, 2.24) is 14.7 Å². The Kier molecular flexibility index (Phi) is 4.04. The molecule has 2 aromatic rings. The normalized spacial score (nSPS) is 19.6. The van der Waals surface area contributed by atoms with Crippen LogP contribution < -0.4 is 0 Å². The molecule has 1 aromatic carbocycles. The number of benzene rings is 1. The Morgan fingerprint density at radius 3 is 2.35 bits per heavy atom.